The van der Waals surface area contributed by atoms with E-state index >= 15 is 0 Å². The van der Waals surface area contributed by atoms with Crippen LogP contribution in [-0.4, -0.2) is 20.2 Å². The molecule has 0 aliphatic rings. The Labute approximate surface area is 114 Å². The molecule has 0 saturated heterocycles. The molecule has 0 aliphatic heterocycles. The van der Waals surface area contributed by atoms with Crippen LogP contribution in [0.2, 0.25) is 0 Å². The Morgan fingerprint density at radius 1 is 1.32 bits per heavy atom. The van der Waals surface area contributed by atoms with Gasteiger partial charge in [-0.05, 0) is 26.0 Å². The van der Waals surface area contributed by atoms with Gasteiger partial charge in [0, 0.05) is 34.7 Å². The lowest BCUT2D eigenvalue weighted by Crippen LogP contribution is -2.07. The number of imidazole rings is 1. The van der Waals surface area contributed by atoms with Crippen molar-refractivity contribution in [3.05, 3.63) is 52.6 Å². The van der Waals surface area contributed by atoms with Crippen LogP contribution in [0.1, 0.15) is 27.4 Å². The number of aryl methyl sites for hydroxylation is 2. The van der Waals surface area contributed by atoms with Gasteiger partial charge in [-0.2, -0.15) is 0 Å². The minimum absolute atomic E-state index is 0.0655. The Hall–Kier alpha value is -2.01. The zero-order valence-electron chi connectivity index (χ0n) is 10.8. The maximum atomic E-state index is 12.3. The van der Waals surface area contributed by atoms with Crippen molar-refractivity contribution in [2.45, 2.75) is 20.3 Å². The lowest BCUT2D eigenvalue weighted by molar-refractivity contribution is 0.0991. The number of hydrogen-bond donors (Lipinski definition) is 0. The van der Waals surface area contributed by atoms with Crippen LogP contribution < -0.4 is 0 Å². The van der Waals surface area contributed by atoms with Gasteiger partial charge in [0.05, 0.1) is 12.1 Å². The molecule has 19 heavy (non-hydrogen) atoms. The molecular weight excluding hydrogens is 258 g/mol. The van der Waals surface area contributed by atoms with Crippen molar-refractivity contribution in [2.75, 3.05) is 0 Å². The molecule has 0 bridgehead atoms. The lowest BCUT2D eigenvalue weighted by atomic mass is 10.1. The number of Topliss-reactive ketones (excluding diaryl/α,β-unsaturated/α-hetero) is 1. The van der Waals surface area contributed by atoms with E-state index in [0.29, 0.717) is 12.0 Å². The van der Waals surface area contributed by atoms with E-state index in [-0.39, 0.29) is 5.78 Å². The molecule has 0 radical (unpaired) electrons. The van der Waals surface area contributed by atoms with Crippen molar-refractivity contribution in [2.24, 2.45) is 0 Å². The van der Waals surface area contributed by atoms with Crippen LogP contribution in [0, 0.1) is 13.8 Å². The van der Waals surface area contributed by atoms with Gasteiger partial charge < -0.3 is 0 Å². The van der Waals surface area contributed by atoms with Crippen molar-refractivity contribution < 1.29 is 4.79 Å². The maximum Gasteiger partial charge on any atom is 0.193 e. The Bertz CT molecular complexity index is 728. The van der Waals surface area contributed by atoms with Gasteiger partial charge in [-0.15, -0.1) is 11.3 Å². The van der Waals surface area contributed by atoms with Gasteiger partial charge in [-0.25, -0.2) is 4.98 Å². The number of rotatable bonds is 3. The summed E-state index contributed by atoms with van der Waals surface area (Å²) >= 11 is 1.56. The van der Waals surface area contributed by atoms with Gasteiger partial charge >= 0.3 is 0 Å². The summed E-state index contributed by atoms with van der Waals surface area (Å²) in [6.45, 7) is 3.79. The van der Waals surface area contributed by atoms with Crippen molar-refractivity contribution in [1.82, 2.24) is 14.4 Å². The van der Waals surface area contributed by atoms with Crippen molar-refractivity contribution in [3.63, 3.8) is 0 Å². The van der Waals surface area contributed by atoms with E-state index in [4.69, 9.17) is 0 Å². The first kappa shape index (κ1) is 12.0. The van der Waals surface area contributed by atoms with Gasteiger partial charge in [0.25, 0.3) is 0 Å². The van der Waals surface area contributed by atoms with Crippen LogP contribution in [0.25, 0.3) is 4.96 Å². The van der Waals surface area contributed by atoms with Crippen LogP contribution in [0.5, 0.6) is 0 Å². The van der Waals surface area contributed by atoms with E-state index in [1.54, 1.807) is 11.3 Å². The molecule has 0 unspecified atom stereocenters. The monoisotopic (exact) mass is 271 g/mol. The lowest BCUT2D eigenvalue weighted by Gasteiger charge is -2.03. The van der Waals surface area contributed by atoms with Crippen LogP contribution in [0.4, 0.5) is 0 Å². The zero-order chi connectivity index (χ0) is 13.4. The molecule has 0 saturated carbocycles. The second-order valence-corrected chi connectivity index (χ2v) is 5.38. The number of ketones is 1. The highest BCUT2D eigenvalue weighted by Gasteiger charge is 2.13. The van der Waals surface area contributed by atoms with Gasteiger partial charge in [-0.3, -0.25) is 14.2 Å². The van der Waals surface area contributed by atoms with Gasteiger partial charge in [0.2, 0.25) is 0 Å². The molecule has 3 aromatic rings. The summed E-state index contributed by atoms with van der Waals surface area (Å²) in [6, 6.07) is 3.71. The minimum atomic E-state index is 0.0655. The number of aromatic nitrogens is 3. The Morgan fingerprint density at radius 3 is 2.89 bits per heavy atom. The normalized spacial score (nSPS) is 11.1. The van der Waals surface area contributed by atoms with Crippen molar-refractivity contribution in [3.8, 4) is 0 Å². The topological polar surface area (TPSA) is 47.3 Å². The summed E-state index contributed by atoms with van der Waals surface area (Å²) in [4.78, 5) is 21.9. The highest BCUT2D eigenvalue weighted by Crippen LogP contribution is 2.14. The number of carbonyl (C=O) groups excluding carboxylic acids is 1. The second-order valence-electron chi connectivity index (χ2n) is 4.51. The first-order valence-corrected chi connectivity index (χ1v) is 6.90. The molecule has 0 amide bonds. The Kier molecular flexibility index (Phi) is 2.91. The second kappa shape index (κ2) is 4.59. The smallest absolute Gasteiger partial charge is 0.193 e. The number of pyridine rings is 1. The number of nitrogens with zero attached hydrogens (tertiary/aromatic N) is 3. The summed E-state index contributed by atoms with van der Waals surface area (Å²) in [6.07, 6.45) is 4.17. The molecule has 0 atom stereocenters. The van der Waals surface area contributed by atoms with E-state index in [0.717, 1.165) is 22.0 Å². The SMILES string of the molecule is Cc1ccc(C(=O)Cc2cn3ccsc3n2)c(C)n1. The standard InChI is InChI=1S/C14H13N3OS/c1-9-3-4-12(10(2)15-9)13(18)7-11-8-17-5-6-19-14(17)16-11/h3-6,8H,7H2,1-2H3. The molecule has 4 nitrogen and oxygen atoms in total. The maximum absolute atomic E-state index is 12.3. The third kappa shape index (κ3) is 2.29. The molecule has 96 valence electrons. The molecule has 0 N–H and O–H groups in total. The van der Waals surface area contributed by atoms with E-state index < -0.39 is 0 Å². The Morgan fingerprint density at radius 2 is 2.16 bits per heavy atom. The van der Waals surface area contributed by atoms with Gasteiger partial charge in [0.1, 0.15) is 0 Å². The fraction of sp³-hybridized carbons (Fsp3) is 0.214. The molecule has 3 aromatic heterocycles. The van der Waals surface area contributed by atoms with Crippen LogP contribution in [0.15, 0.2) is 29.9 Å². The molecule has 0 spiro atoms. The van der Waals surface area contributed by atoms with E-state index in [1.807, 2.05) is 48.2 Å². The van der Waals surface area contributed by atoms with Crippen LogP contribution in [-0.2, 0) is 6.42 Å². The third-order valence-electron chi connectivity index (χ3n) is 3.01. The van der Waals surface area contributed by atoms with Crippen molar-refractivity contribution >= 4 is 22.1 Å². The first-order chi connectivity index (χ1) is 9.13. The van der Waals surface area contributed by atoms with Crippen molar-refractivity contribution in [1.29, 1.82) is 0 Å². The molecule has 0 fully saturated rings. The fourth-order valence-corrected chi connectivity index (χ4v) is 2.82. The predicted molar refractivity (Wildman–Crippen MR) is 74.8 cm³/mol. The van der Waals surface area contributed by atoms with Gasteiger partial charge in [-0.1, -0.05) is 0 Å². The average Bonchev–Trinajstić information content (AvgIpc) is 2.89. The van der Waals surface area contributed by atoms with E-state index in [2.05, 4.69) is 9.97 Å². The summed E-state index contributed by atoms with van der Waals surface area (Å²) in [7, 11) is 0. The van der Waals surface area contributed by atoms with E-state index in [1.165, 1.54) is 0 Å². The summed E-state index contributed by atoms with van der Waals surface area (Å²) in [5, 5.41) is 1.97. The van der Waals surface area contributed by atoms with E-state index in [9.17, 15) is 4.79 Å². The average molecular weight is 271 g/mol. The number of carbonyl (C=O) groups is 1. The zero-order valence-corrected chi connectivity index (χ0v) is 11.6. The summed E-state index contributed by atoms with van der Waals surface area (Å²) < 4.78 is 1.94. The number of hydrogen-bond acceptors (Lipinski definition) is 4. The molecule has 0 aliphatic carbocycles. The number of fused-ring (bicyclic) bond motifs is 1. The third-order valence-corrected chi connectivity index (χ3v) is 3.78. The molecule has 0 aromatic carbocycles. The van der Waals surface area contributed by atoms with Gasteiger partial charge in [0.15, 0.2) is 10.7 Å². The molecule has 3 heterocycles. The molecular formula is C14H13N3OS. The quantitative estimate of drug-likeness (QED) is 0.688. The van der Waals surface area contributed by atoms with Crippen LogP contribution in [0.3, 0.4) is 0 Å². The molecule has 5 heteroatoms. The summed E-state index contributed by atoms with van der Waals surface area (Å²) in [5.74, 6) is 0.0655. The fourth-order valence-electron chi connectivity index (χ4n) is 2.10. The number of thiazole rings is 1. The Balaban J connectivity index is 1.86. The first-order valence-electron chi connectivity index (χ1n) is 6.02. The molecule has 3 rings (SSSR count). The minimum Gasteiger partial charge on any atom is -0.297 e. The highest BCUT2D eigenvalue weighted by molar-refractivity contribution is 7.15. The largest absolute Gasteiger partial charge is 0.297 e. The van der Waals surface area contributed by atoms with Crippen LogP contribution >= 0.6 is 11.3 Å². The highest BCUT2D eigenvalue weighted by atomic mass is 32.1. The predicted octanol–water partition coefficient (Wildman–Crippen LogP) is 2.83. The summed E-state index contributed by atoms with van der Waals surface area (Å²) in [5.41, 5.74) is 3.20.